The Hall–Kier alpha value is -1.14. The van der Waals surface area contributed by atoms with E-state index in [1.165, 1.54) is 5.56 Å². The zero-order valence-corrected chi connectivity index (χ0v) is 17.0. The van der Waals surface area contributed by atoms with Gasteiger partial charge in [0.1, 0.15) is 0 Å². The first-order chi connectivity index (χ1) is 12.1. The Bertz CT molecular complexity index is 630. The summed E-state index contributed by atoms with van der Waals surface area (Å²) in [6.07, 6.45) is 2.08. The van der Waals surface area contributed by atoms with Gasteiger partial charge < -0.3 is 14.0 Å². The average molecular weight is 357 g/mol. The van der Waals surface area contributed by atoms with E-state index in [1.54, 1.807) is 0 Å². The van der Waals surface area contributed by atoms with Gasteiger partial charge in [-0.05, 0) is 52.7 Å². The number of hydrogen-bond acceptors (Lipinski definition) is 4. The molecule has 0 radical (unpaired) electrons. The van der Waals surface area contributed by atoms with Gasteiger partial charge in [-0.3, -0.25) is 4.90 Å². The summed E-state index contributed by atoms with van der Waals surface area (Å²) in [4.78, 5) is 2.49. The maximum Gasteiger partial charge on any atom is 0.487 e. The second-order valence-electron chi connectivity index (χ2n) is 8.76. The fourth-order valence-corrected chi connectivity index (χ4v) is 3.46. The molecule has 2 fully saturated rings. The van der Waals surface area contributed by atoms with Gasteiger partial charge in [0, 0.05) is 18.6 Å². The second kappa shape index (κ2) is 7.12. The average Bonchev–Trinajstić information content (AvgIpc) is 2.81. The van der Waals surface area contributed by atoms with E-state index in [2.05, 4.69) is 76.8 Å². The monoisotopic (exact) mass is 357 g/mol. The van der Waals surface area contributed by atoms with Gasteiger partial charge in [-0.1, -0.05) is 36.3 Å². The van der Waals surface area contributed by atoms with Crippen LogP contribution in [0.5, 0.6) is 0 Å². The van der Waals surface area contributed by atoms with Crippen LogP contribution in [0, 0.1) is 0 Å². The summed E-state index contributed by atoms with van der Waals surface area (Å²) in [6.45, 7) is 16.5. The van der Waals surface area contributed by atoms with Crippen molar-refractivity contribution in [2.75, 3.05) is 26.3 Å². The third kappa shape index (κ3) is 3.91. The van der Waals surface area contributed by atoms with Crippen molar-refractivity contribution >= 4 is 13.2 Å². The maximum atomic E-state index is 6.02. The quantitative estimate of drug-likeness (QED) is 0.765. The van der Waals surface area contributed by atoms with Gasteiger partial charge in [-0.25, -0.2) is 0 Å². The lowest BCUT2D eigenvalue weighted by atomic mass is 9.88. The third-order valence-electron chi connectivity index (χ3n) is 6.14. The van der Waals surface area contributed by atoms with Crippen molar-refractivity contribution < 1.29 is 14.0 Å². The van der Waals surface area contributed by atoms with Crippen molar-refractivity contribution in [2.24, 2.45) is 0 Å². The minimum absolute atomic E-state index is 0.0117. The Kier molecular flexibility index (Phi) is 5.37. The van der Waals surface area contributed by atoms with Crippen LogP contribution in [0.2, 0.25) is 0 Å². The molecule has 2 saturated heterocycles. The van der Waals surface area contributed by atoms with Crippen LogP contribution in [0.3, 0.4) is 0 Å². The van der Waals surface area contributed by atoms with Gasteiger partial charge in [0.2, 0.25) is 0 Å². The van der Waals surface area contributed by atoms with Crippen LogP contribution in [-0.2, 0) is 19.6 Å². The molecular formula is C21H32BNO3. The maximum absolute atomic E-state index is 6.02. The molecule has 0 spiro atoms. The summed E-state index contributed by atoms with van der Waals surface area (Å²) in [6, 6.07) is 8.78. The van der Waals surface area contributed by atoms with Crippen LogP contribution in [0.4, 0.5) is 0 Å². The van der Waals surface area contributed by atoms with Gasteiger partial charge in [0.15, 0.2) is 0 Å². The first-order valence-electron chi connectivity index (χ1n) is 9.59. The van der Waals surface area contributed by atoms with Crippen molar-refractivity contribution in [3.05, 3.63) is 41.4 Å². The fraction of sp³-hybridized carbons (Fsp3) is 0.619. The summed E-state index contributed by atoms with van der Waals surface area (Å²) in [5.74, 6) is 2.00. The predicted octanol–water partition coefficient (Wildman–Crippen LogP) is 3.90. The largest absolute Gasteiger partial charge is 0.487 e. The zero-order valence-electron chi connectivity index (χ0n) is 17.0. The highest BCUT2D eigenvalue weighted by atomic mass is 16.7. The lowest BCUT2D eigenvalue weighted by Gasteiger charge is -2.41. The number of hydrogen-bond donors (Lipinski definition) is 0. The van der Waals surface area contributed by atoms with Crippen molar-refractivity contribution in [3.63, 3.8) is 0 Å². The molecule has 4 nitrogen and oxygen atoms in total. The molecule has 0 unspecified atom stereocenters. The molecule has 5 heteroatoms. The van der Waals surface area contributed by atoms with E-state index < -0.39 is 0 Å². The summed E-state index contributed by atoms with van der Waals surface area (Å²) in [7, 11) is -0.301. The molecule has 0 aliphatic carbocycles. The van der Waals surface area contributed by atoms with Gasteiger partial charge in [-0.15, -0.1) is 0 Å². The molecule has 0 bridgehead atoms. The molecule has 0 saturated carbocycles. The lowest BCUT2D eigenvalue weighted by Crippen LogP contribution is -2.47. The third-order valence-corrected chi connectivity index (χ3v) is 6.14. The Morgan fingerprint density at radius 3 is 2.04 bits per heavy atom. The van der Waals surface area contributed by atoms with E-state index in [-0.39, 0.29) is 23.9 Å². The van der Waals surface area contributed by atoms with E-state index >= 15 is 0 Å². The van der Waals surface area contributed by atoms with E-state index in [0.717, 1.165) is 31.9 Å². The molecule has 3 rings (SSSR count). The highest BCUT2D eigenvalue weighted by Gasteiger charge is 2.50. The van der Waals surface area contributed by atoms with Crippen molar-refractivity contribution in [2.45, 2.75) is 58.3 Å². The second-order valence-corrected chi connectivity index (χ2v) is 8.76. The van der Waals surface area contributed by atoms with Crippen LogP contribution in [0.15, 0.2) is 30.2 Å². The van der Waals surface area contributed by atoms with E-state index in [4.69, 9.17) is 14.0 Å². The highest BCUT2D eigenvalue weighted by Crippen LogP contribution is 2.37. The summed E-state index contributed by atoms with van der Waals surface area (Å²) < 4.78 is 17.5. The summed E-state index contributed by atoms with van der Waals surface area (Å²) >= 11 is 0. The topological polar surface area (TPSA) is 30.9 Å². The van der Waals surface area contributed by atoms with E-state index in [1.807, 2.05) is 5.98 Å². The summed E-state index contributed by atoms with van der Waals surface area (Å²) in [5, 5.41) is 0. The molecule has 1 aromatic carbocycles. The van der Waals surface area contributed by atoms with Crippen LogP contribution in [0.25, 0.3) is 6.08 Å². The van der Waals surface area contributed by atoms with E-state index in [0.29, 0.717) is 0 Å². The van der Waals surface area contributed by atoms with E-state index in [9.17, 15) is 0 Å². The zero-order chi connectivity index (χ0) is 19.0. The van der Waals surface area contributed by atoms with Gasteiger partial charge in [0.05, 0.1) is 24.4 Å². The highest BCUT2D eigenvalue weighted by molar-refractivity contribution is 6.52. The first-order valence-corrected chi connectivity index (χ1v) is 9.59. The molecule has 1 aromatic rings. The standard InChI is InChI=1S/C21H32BNO3/c1-19(2,23-13-15-24-16-14-23)18-9-7-17(8-10-18)11-12-22-25-20(3,4)21(5,6)26-22/h7-12H,13-16H2,1-6H3. The fourth-order valence-electron chi connectivity index (χ4n) is 3.46. The Morgan fingerprint density at radius 1 is 0.962 bits per heavy atom. The lowest BCUT2D eigenvalue weighted by molar-refractivity contribution is -0.0118. The Morgan fingerprint density at radius 2 is 1.50 bits per heavy atom. The molecule has 0 amide bonds. The minimum Gasteiger partial charge on any atom is -0.400 e. The van der Waals surface area contributed by atoms with Crippen LogP contribution in [0.1, 0.15) is 52.7 Å². The first kappa shape index (κ1) is 19.6. The number of nitrogens with zero attached hydrogens (tertiary/aromatic N) is 1. The van der Waals surface area contributed by atoms with Gasteiger partial charge >= 0.3 is 7.12 Å². The van der Waals surface area contributed by atoms with Crippen LogP contribution < -0.4 is 0 Å². The summed E-state index contributed by atoms with van der Waals surface area (Å²) in [5.41, 5.74) is 1.90. The van der Waals surface area contributed by atoms with Crippen molar-refractivity contribution in [1.29, 1.82) is 0 Å². The Labute approximate surface area is 158 Å². The molecule has 0 N–H and O–H groups in total. The Balaban J connectivity index is 1.66. The van der Waals surface area contributed by atoms with Crippen molar-refractivity contribution in [1.82, 2.24) is 4.90 Å². The normalized spacial score (nSPS) is 23.7. The van der Waals surface area contributed by atoms with Gasteiger partial charge in [0.25, 0.3) is 0 Å². The van der Waals surface area contributed by atoms with Crippen molar-refractivity contribution in [3.8, 4) is 0 Å². The predicted molar refractivity (Wildman–Crippen MR) is 107 cm³/mol. The molecule has 26 heavy (non-hydrogen) atoms. The molecule has 2 heterocycles. The number of benzene rings is 1. The molecule has 0 aromatic heterocycles. The molecule has 0 atom stereocenters. The number of rotatable bonds is 4. The molecule has 142 valence electrons. The molecule has 2 aliphatic rings. The molecule has 2 aliphatic heterocycles. The molecular weight excluding hydrogens is 325 g/mol. The van der Waals surface area contributed by atoms with Crippen LogP contribution in [-0.4, -0.2) is 49.5 Å². The SMILES string of the molecule is CC(C)(c1ccc(C=CB2OC(C)(C)C(C)(C)O2)cc1)N1CCOCC1. The smallest absolute Gasteiger partial charge is 0.400 e. The van der Waals surface area contributed by atoms with Crippen LogP contribution >= 0.6 is 0 Å². The number of ether oxygens (including phenoxy) is 1. The van der Waals surface area contributed by atoms with Gasteiger partial charge in [-0.2, -0.15) is 0 Å². The number of morpholine rings is 1. The minimum atomic E-state index is -0.301.